The van der Waals surface area contributed by atoms with E-state index in [1.54, 1.807) is 12.0 Å². The van der Waals surface area contributed by atoms with Gasteiger partial charge in [0.2, 0.25) is 0 Å². The summed E-state index contributed by atoms with van der Waals surface area (Å²) in [5.74, 6) is -0.801. The van der Waals surface area contributed by atoms with Crippen molar-refractivity contribution in [3.05, 3.63) is 0 Å². The van der Waals surface area contributed by atoms with Gasteiger partial charge in [-0.05, 0) is 26.2 Å². The summed E-state index contributed by atoms with van der Waals surface area (Å²) < 4.78 is 5.02. The molecule has 0 rings (SSSR count). The van der Waals surface area contributed by atoms with Gasteiger partial charge in [0, 0.05) is 13.7 Å². The predicted molar refractivity (Wildman–Crippen MR) is 73.1 cm³/mol. The van der Waals surface area contributed by atoms with Gasteiger partial charge in [-0.3, -0.25) is 0 Å². The van der Waals surface area contributed by atoms with Crippen LogP contribution in [-0.4, -0.2) is 54.4 Å². The largest absolute Gasteiger partial charge is 0.480 e. The van der Waals surface area contributed by atoms with Crippen molar-refractivity contribution in [2.45, 2.75) is 46.2 Å². The highest BCUT2D eigenvalue weighted by molar-refractivity contribution is 5.82. The van der Waals surface area contributed by atoms with Gasteiger partial charge in [0.15, 0.2) is 0 Å². The van der Waals surface area contributed by atoms with Crippen molar-refractivity contribution in [3.63, 3.8) is 0 Å². The molecular formula is C13H26N2O4. The lowest BCUT2D eigenvalue weighted by atomic mass is 10.0. The lowest BCUT2D eigenvalue weighted by Crippen LogP contribution is -2.51. The van der Waals surface area contributed by atoms with E-state index in [4.69, 9.17) is 9.84 Å². The molecule has 0 saturated heterocycles. The fourth-order valence-corrected chi connectivity index (χ4v) is 1.91. The smallest absolute Gasteiger partial charge is 0.326 e. The second-order valence-corrected chi connectivity index (χ2v) is 5.06. The Morgan fingerprint density at radius 2 is 1.89 bits per heavy atom. The third-order valence-electron chi connectivity index (χ3n) is 2.84. The second kappa shape index (κ2) is 8.74. The molecule has 0 aliphatic carbocycles. The highest BCUT2D eigenvalue weighted by atomic mass is 16.5. The zero-order chi connectivity index (χ0) is 15.0. The average Bonchev–Trinajstić information content (AvgIpc) is 2.28. The van der Waals surface area contributed by atoms with Crippen molar-refractivity contribution in [2.24, 2.45) is 5.92 Å². The molecule has 2 N–H and O–H groups in total. The van der Waals surface area contributed by atoms with Gasteiger partial charge in [0.1, 0.15) is 6.04 Å². The number of hydrogen-bond donors (Lipinski definition) is 2. The van der Waals surface area contributed by atoms with Crippen LogP contribution in [0.2, 0.25) is 0 Å². The van der Waals surface area contributed by atoms with Gasteiger partial charge >= 0.3 is 12.0 Å². The van der Waals surface area contributed by atoms with Crippen molar-refractivity contribution in [1.29, 1.82) is 0 Å². The van der Waals surface area contributed by atoms with Crippen LogP contribution >= 0.6 is 0 Å². The Kier molecular flexibility index (Phi) is 8.14. The molecule has 1 unspecified atom stereocenters. The number of hydrogen-bond acceptors (Lipinski definition) is 3. The summed E-state index contributed by atoms with van der Waals surface area (Å²) in [6, 6.07) is -1.31. The average molecular weight is 274 g/mol. The van der Waals surface area contributed by atoms with Gasteiger partial charge in [-0.2, -0.15) is 0 Å². The number of rotatable bonds is 8. The van der Waals surface area contributed by atoms with Crippen molar-refractivity contribution < 1.29 is 19.4 Å². The molecule has 0 bridgehead atoms. The maximum atomic E-state index is 12.1. The normalized spacial score (nSPS) is 14.0. The van der Waals surface area contributed by atoms with Gasteiger partial charge in [-0.15, -0.1) is 0 Å². The van der Waals surface area contributed by atoms with Crippen LogP contribution in [0.15, 0.2) is 0 Å². The van der Waals surface area contributed by atoms with E-state index in [1.807, 2.05) is 27.7 Å². The first-order valence-corrected chi connectivity index (χ1v) is 6.62. The zero-order valence-electron chi connectivity index (χ0n) is 12.5. The van der Waals surface area contributed by atoms with Crippen molar-refractivity contribution in [2.75, 3.05) is 20.3 Å². The molecule has 0 aliphatic rings. The number of ether oxygens (including phenoxy) is 1. The summed E-state index contributed by atoms with van der Waals surface area (Å²) in [4.78, 5) is 24.8. The van der Waals surface area contributed by atoms with E-state index < -0.39 is 12.0 Å². The van der Waals surface area contributed by atoms with E-state index >= 15 is 0 Å². The van der Waals surface area contributed by atoms with Crippen LogP contribution in [0, 0.1) is 5.92 Å². The molecule has 6 nitrogen and oxygen atoms in total. The quantitative estimate of drug-likeness (QED) is 0.704. The van der Waals surface area contributed by atoms with Crippen molar-refractivity contribution in [1.82, 2.24) is 10.2 Å². The highest BCUT2D eigenvalue weighted by Crippen LogP contribution is 2.07. The Hall–Kier alpha value is -1.30. The molecule has 0 aromatic rings. The molecule has 0 heterocycles. The predicted octanol–water partition coefficient (Wildman–Crippen LogP) is 1.55. The molecular weight excluding hydrogens is 248 g/mol. The van der Waals surface area contributed by atoms with E-state index in [9.17, 15) is 9.59 Å². The van der Waals surface area contributed by atoms with E-state index in [2.05, 4.69) is 5.32 Å². The Morgan fingerprint density at radius 3 is 2.26 bits per heavy atom. The fraction of sp³-hybridized carbons (Fsp3) is 0.846. The minimum Gasteiger partial charge on any atom is -0.480 e. The Labute approximate surface area is 115 Å². The number of amides is 2. The maximum absolute atomic E-state index is 12.1. The number of carboxylic acids is 1. The molecule has 2 atom stereocenters. The summed E-state index contributed by atoms with van der Waals surface area (Å²) in [6.45, 7) is 8.49. The molecule has 0 spiro atoms. The SMILES string of the molecule is CCN(C(=O)N[C@@H](CC(C)C)C(=O)O)C(C)COC. The molecule has 2 amide bonds. The summed E-state index contributed by atoms with van der Waals surface area (Å²) in [7, 11) is 1.57. The van der Waals surface area contributed by atoms with Gasteiger partial charge < -0.3 is 20.1 Å². The van der Waals surface area contributed by atoms with Crippen LogP contribution < -0.4 is 5.32 Å². The number of carbonyl (C=O) groups is 2. The summed E-state index contributed by atoms with van der Waals surface area (Å²) in [5, 5.41) is 11.7. The Bertz CT molecular complexity index is 294. The fourth-order valence-electron chi connectivity index (χ4n) is 1.91. The van der Waals surface area contributed by atoms with Crippen molar-refractivity contribution in [3.8, 4) is 0 Å². The molecule has 0 fully saturated rings. The summed E-state index contributed by atoms with van der Waals surface area (Å²) in [6.07, 6.45) is 0.414. The van der Waals surface area contributed by atoms with E-state index in [0.29, 0.717) is 19.6 Å². The molecule has 0 aromatic carbocycles. The minimum absolute atomic E-state index is 0.0940. The topological polar surface area (TPSA) is 78.9 Å². The standard InChI is InChI=1S/C13H26N2O4/c1-6-15(10(4)8-19-5)13(18)14-11(12(16)17)7-9(2)3/h9-11H,6-8H2,1-5H3,(H,14,18)(H,16,17)/t10?,11-/m0/s1. The lowest BCUT2D eigenvalue weighted by molar-refractivity contribution is -0.139. The number of carbonyl (C=O) groups excluding carboxylic acids is 1. The van der Waals surface area contributed by atoms with Gasteiger partial charge in [0.05, 0.1) is 12.6 Å². The second-order valence-electron chi connectivity index (χ2n) is 5.06. The Balaban J connectivity index is 4.63. The number of carboxylic acid groups (broad SMARTS) is 1. The first-order chi connectivity index (χ1) is 8.83. The molecule has 0 aromatic heterocycles. The van der Waals surface area contributed by atoms with E-state index in [-0.39, 0.29) is 18.0 Å². The van der Waals surface area contributed by atoms with E-state index in [1.165, 1.54) is 0 Å². The number of urea groups is 1. The third kappa shape index (κ3) is 6.42. The van der Waals surface area contributed by atoms with Crippen LogP contribution in [0.1, 0.15) is 34.1 Å². The van der Waals surface area contributed by atoms with Crippen molar-refractivity contribution >= 4 is 12.0 Å². The molecule has 0 radical (unpaired) electrons. The van der Waals surface area contributed by atoms with Crippen LogP contribution in [0.4, 0.5) is 4.79 Å². The first-order valence-electron chi connectivity index (χ1n) is 6.62. The third-order valence-corrected chi connectivity index (χ3v) is 2.84. The summed E-state index contributed by atoms with van der Waals surface area (Å²) >= 11 is 0. The van der Waals surface area contributed by atoms with E-state index in [0.717, 1.165) is 0 Å². The summed E-state index contributed by atoms with van der Waals surface area (Å²) in [5.41, 5.74) is 0. The monoisotopic (exact) mass is 274 g/mol. The first kappa shape index (κ1) is 17.7. The molecule has 6 heteroatoms. The highest BCUT2D eigenvalue weighted by Gasteiger charge is 2.25. The molecule has 112 valence electrons. The van der Waals surface area contributed by atoms with Crippen LogP contribution in [0.3, 0.4) is 0 Å². The number of methoxy groups -OCH3 is 1. The maximum Gasteiger partial charge on any atom is 0.326 e. The minimum atomic E-state index is -1.00. The van der Waals surface area contributed by atoms with Gasteiger partial charge in [0.25, 0.3) is 0 Å². The molecule has 19 heavy (non-hydrogen) atoms. The lowest BCUT2D eigenvalue weighted by Gasteiger charge is -2.29. The zero-order valence-corrected chi connectivity index (χ0v) is 12.5. The van der Waals surface area contributed by atoms with Gasteiger partial charge in [-0.25, -0.2) is 9.59 Å². The molecule has 0 aliphatic heterocycles. The number of nitrogens with one attached hydrogen (secondary N) is 1. The van der Waals surface area contributed by atoms with Gasteiger partial charge in [-0.1, -0.05) is 13.8 Å². The molecule has 0 saturated carbocycles. The number of aliphatic carboxylic acids is 1. The van der Waals surface area contributed by atoms with Crippen LogP contribution in [-0.2, 0) is 9.53 Å². The number of nitrogens with zero attached hydrogens (tertiary/aromatic N) is 1. The van der Waals surface area contributed by atoms with Crippen LogP contribution in [0.25, 0.3) is 0 Å². The van der Waals surface area contributed by atoms with Crippen LogP contribution in [0.5, 0.6) is 0 Å². The number of likely N-dealkylation sites (N-methyl/N-ethyl adjacent to an activating group) is 1. The Morgan fingerprint density at radius 1 is 1.32 bits per heavy atom.